The summed E-state index contributed by atoms with van der Waals surface area (Å²) in [6, 6.07) is 0. The first-order valence-corrected chi connectivity index (χ1v) is 3.01. The van der Waals surface area contributed by atoms with E-state index in [4.69, 9.17) is 28.9 Å². The van der Waals surface area contributed by atoms with Gasteiger partial charge in [-0.2, -0.15) is 4.39 Å². The third-order valence-corrected chi connectivity index (χ3v) is 1.50. The summed E-state index contributed by atoms with van der Waals surface area (Å²) in [6.07, 6.45) is 0. The highest BCUT2D eigenvalue weighted by Gasteiger charge is 2.08. The third-order valence-electron chi connectivity index (χ3n) is 0.865. The number of hydrogen-bond acceptors (Lipinski definition) is 3. The monoisotopic (exact) mass is 181 g/mol. The number of anilines is 1. The van der Waals surface area contributed by atoms with E-state index in [0.717, 1.165) is 0 Å². The van der Waals surface area contributed by atoms with Gasteiger partial charge in [-0.05, 0) is 0 Å². The van der Waals surface area contributed by atoms with Gasteiger partial charge in [-0.1, -0.05) is 23.2 Å². The third kappa shape index (κ3) is 1.12. The van der Waals surface area contributed by atoms with E-state index in [0.29, 0.717) is 0 Å². The molecule has 0 bridgehead atoms. The number of hydrogen-bond donors (Lipinski definition) is 1. The van der Waals surface area contributed by atoms with Crippen molar-refractivity contribution < 1.29 is 4.39 Å². The molecule has 0 unspecified atom stereocenters. The van der Waals surface area contributed by atoms with Gasteiger partial charge in [-0.15, -0.1) is 10.2 Å². The van der Waals surface area contributed by atoms with Gasteiger partial charge in [0.2, 0.25) is 0 Å². The molecule has 0 spiro atoms. The van der Waals surface area contributed by atoms with Crippen molar-refractivity contribution in [3.8, 4) is 0 Å². The van der Waals surface area contributed by atoms with E-state index in [-0.39, 0.29) is 15.9 Å². The summed E-state index contributed by atoms with van der Waals surface area (Å²) in [7, 11) is 0. The van der Waals surface area contributed by atoms with Gasteiger partial charge in [0.1, 0.15) is 5.02 Å². The lowest BCUT2D eigenvalue weighted by Crippen LogP contribution is -1.96. The molecule has 1 aromatic rings. The highest BCUT2D eigenvalue weighted by molar-refractivity contribution is 6.37. The molecule has 3 nitrogen and oxygen atoms in total. The zero-order chi connectivity index (χ0) is 7.72. The standard InChI is InChI=1S/C4H2Cl2FN3/c5-1-2(8)3(6)9-10-4(1)7/h(H2,8,10). The van der Waals surface area contributed by atoms with Gasteiger partial charge < -0.3 is 5.73 Å². The van der Waals surface area contributed by atoms with Gasteiger partial charge in [0, 0.05) is 0 Å². The maximum absolute atomic E-state index is 12.3. The van der Waals surface area contributed by atoms with Crippen molar-refractivity contribution in [1.82, 2.24) is 10.2 Å². The molecule has 0 radical (unpaired) electrons. The Balaban J connectivity index is 3.34. The Morgan fingerprint density at radius 3 is 2.40 bits per heavy atom. The summed E-state index contributed by atoms with van der Waals surface area (Å²) in [4.78, 5) is 0. The van der Waals surface area contributed by atoms with Crippen molar-refractivity contribution in [2.75, 3.05) is 5.73 Å². The number of rotatable bonds is 0. The van der Waals surface area contributed by atoms with Crippen LogP contribution in [0.2, 0.25) is 10.2 Å². The molecule has 6 heteroatoms. The number of nitrogens with two attached hydrogens (primary N) is 1. The molecule has 54 valence electrons. The lowest BCUT2D eigenvalue weighted by molar-refractivity contribution is 0.565. The second kappa shape index (κ2) is 2.56. The molecular formula is C4H2Cl2FN3. The van der Waals surface area contributed by atoms with Crippen molar-refractivity contribution in [3.63, 3.8) is 0 Å². The zero-order valence-corrected chi connectivity index (χ0v) is 6.12. The minimum Gasteiger partial charge on any atom is -0.395 e. The van der Waals surface area contributed by atoms with Crippen LogP contribution in [-0.4, -0.2) is 10.2 Å². The maximum atomic E-state index is 12.3. The predicted octanol–water partition coefficient (Wildman–Crippen LogP) is 1.50. The minimum atomic E-state index is -0.913. The van der Waals surface area contributed by atoms with E-state index in [2.05, 4.69) is 10.2 Å². The van der Waals surface area contributed by atoms with Gasteiger partial charge >= 0.3 is 0 Å². The van der Waals surface area contributed by atoms with Crippen LogP contribution in [0.1, 0.15) is 0 Å². The van der Waals surface area contributed by atoms with Crippen molar-refractivity contribution in [2.24, 2.45) is 0 Å². The van der Waals surface area contributed by atoms with E-state index < -0.39 is 5.95 Å². The lowest BCUT2D eigenvalue weighted by atomic mass is 10.5. The average molecular weight is 182 g/mol. The van der Waals surface area contributed by atoms with Crippen LogP contribution in [0.15, 0.2) is 0 Å². The Hall–Kier alpha value is -0.610. The lowest BCUT2D eigenvalue weighted by Gasteiger charge is -1.97. The Morgan fingerprint density at radius 2 is 1.90 bits per heavy atom. The highest BCUT2D eigenvalue weighted by atomic mass is 35.5. The van der Waals surface area contributed by atoms with Gasteiger partial charge in [0.15, 0.2) is 5.15 Å². The molecular weight excluding hydrogens is 180 g/mol. The fourth-order valence-corrected chi connectivity index (χ4v) is 0.695. The summed E-state index contributed by atoms with van der Waals surface area (Å²) >= 11 is 10.6. The molecule has 1 heterocycles. The summed E-state index contributed by atoms with van der Waals surface area (Å²) in [6.45, 7) is 0. The van der Waals surface area contributed by atoms with E-state index in [9.17, 15) is 4.39 Å². The molecule has 2 N–H and O–H groups in total. The summed E-state index contributed by atoms with van der Waals surface area (Å²) < 4.78 is 12.3. The fourth-order valence-electron chi connectivity index (χ4n) is 0.387. The van der Waals surface area contributed by atoms with Crippen LogP contribution in [0.25, 0.3) is 0 Å². The van der Waals surface area contributed by atoms with Crippen LogP contribution >= 0.6 is 23.2 Å². The first kappa shape index (κ1) is 7.50. The number of halogens is 3. The second-order valence-electron chi connectivity index (χ2n) is 1.51. The molecule has 1 aromatic heterocycles. The van der Waals surface area contributed by atoms with Crippen LogP contribution < -0.4 is 5.73 Å². The number of nitrogen functional groups attached to an aromatic ring is 1. The topological polar surface area (TPSA) is 51.8 Å². The predicted molar refractivity (Wildman–Crippen MR) is 36.4 cm³/mol. The van der Waals surface area contributed by atoms with Crippen molar-refractivity contribution in [3.05, 3.63) is 16.1 Å². The quantitative estimate of drug-likeness (QED) is 0.661. The summed E-state index contributed by atoms with van der Waals surface area (Å²) in [5.74, 6) is -0.913. The van der Waals surface area contributed by atoms with Gasteiger partial charge in [-0.25, -0.2) is 0 Å². The smallest absolute Gasteiger partial charge is 0.254 e. The van der Waals surface area contributed by atoms with Crippen LogP contribution in [0.5, 0.6) is 0 Å². The molecule has 0 aromatic carbocycles. The SMILES string of the molecule is Nc1c(Cl)nnc(F)c1Cl. The molecule has 0 aliphatic carbocycles. The minimum absolute atomic E-state index is 0.0872. The Bertz CT molecular complexity index is 238. The molecule has 0 aliphatic rings. The molecule has 0 saturated heterocycles. The number of nitrogens with zero attached hydrogens (tertiary/aromatic N) is 2. The fraction of sp³-hybridized carbons (Fsp3) is 0. The molecule has 0 atom stereocenters. The van der Waals surface area contributed by atoms with Gasteiger partial charge in [0.05, 0.1) is 5.69 Å². The maximum Gasteiger partial charge on any atom is 0.254 e. The number of aromatic nitrogens is 2. The molecule has 0 aliphatic heterocycles. The average Bonchev–Trinajstić information content (AvgIpc) is 1.93. The normalized spacial score (nSPS) is 9.90. The van der Waals surface area contributed by atoms with Crippen LogP contribution in [0.4, 0.5) is 10.1 Å². The van der Waals surface area contributed by atoms with E-state index in [1.54, 1.807) is 0 Å². The first-order chi connectivity index (χ1) is 4.63. The largest absolute Gasteiger partial charge is 0.395 e. The van der Waals surface area contributed by atoms with Crippen LogP contribution in [0.3, 0.4) is 0 Å². The highest BCUT2D eigenvalue weighted by Crippen LogP contribution is 2.25. The van der Waals surface area contributed by atoms with E-state index >= 15 is 0 Å². The second-order valence-corrected chi connectivity index (χ2v) is 2.25. The molecule has 0 amide bonds. The summed E-state index contributed by atoms with van der Waals surface area (Å²) in [5, 5.41) is 5.77. The van der Waals surface area contributed by atoms with Crippen molar-refractivity contribution >= 4 is 28.9 Å². The molecule has 1 rings (SSSR count). The van der Waals surface area contributed by atoms with E-state index in [1.807, 2.05) is 0 Å². The van der Waals surface area contributed by atoms with E-state index in [1.165, 1.54) is 0 Å². The first-order valence-electron chi connectivity index (χ1n) is 2.25. The summed E-state index contributed by atoms with van der Waals surface area (Å²) in [5.41, 5.74) is 5.09. The van der Waals surface area contributed by atoms with Gasteiger partial charge in [-0.3, -0.25) is 0 Å². The van der Waals surface area contributed by atoms with Gasteiger partial charge in [0.25, 0.3) is 5.95 Å². The van der Waals surface area contributed by atoms with Crippen LogP contribution in [-0.2, 0) is 0 Å². The Morgan fingerprint density at radius 1 is 1.30 bits per heavy atom. The van der Waals surface area contributed by atoms with Crippen LogP contribution in [0, 0.1) is 5.95 Å². The molecule has 0 saturated carbocycles. The molecule has 10 heavy (non-hydrogen) atoms. The Kier molecular flexibility index (Phi) is 1.92. The zero-order valence-electron chi connectivity index (χ0n) is 4.61. The Labute approximate surface area is 66.0 Å². The van der Waals surface area contributed by atoms with Crippen molar-refractivity contribution in [2.45, 2.75) is 0 Å². The molecule has 0 fully saturated rings. The van der Waals surface area contributed by atoms with Crippen molar-refractivity contribution in [1.29, 1.82) is 0 Å².